The van der Waals surface area contributed by atoms with E-state index >= 15 is 0 Å². The Morgan fingerprint density at radius 3 is 2.53 bits per heavy atom. The third-order valence-corrected chi connectivity index (χ3v) is 4.44. The van der Waals surface area contributed by atoms with Gasteiger partial charge in [-0.25, -0.2) is 8.78 Å². The van der Waals surface area contributed by atoms with Crippen LogP contribution in [-0.2, 0) is 6.42 Å². The first-order valence-corrected chi connectivity index (χ1v) is 6.80. The molecule has 1 aromatic heterocycles. The summed E-state index contributed by atoms with van der Waals surface area (Å²) >= 11 is 1.64. The molecule has 0 aliphatic heterocycles. The summed E-state index contributed by atoms with van der Waals surface area (Å²) in [5.41, 5.74) is 4.35. The normalized spacial score (nSPS) is 12.7. The molecule has 0 spiro atoms. The van der Waals surface area contributed by atoms with Crippen LogP contribution in [0.25, 0.3) is 0 Å². The highest BCUT2D eigenvalue weighted by Gasteiger charge is 2.16. The molecule has 0 aliphatic carbocycles. The van der Waals surface area contributed by atoms with Crippen molar-refractivity contribution in [2.45, 2.75) is 26.3 Å². The van der Waals surface area contributed by atoms with E-state index in [1.807, 2.05) is 19.9 Å². The van der Waals surface area contributed by atoms with Crippen LogP contribution in [-0.4, -0.2) is 0 Å². The minimum absolute atomic E-state index is 0.169. The Morgan fingerprint density at radius 1 is 1.26 bits per heavy atom. The minimum Gasteiger partial charge on any atom is -0.271 e. The van der Waals surface area contributed by atoms with Gasteiger partial charge in [-0.3, -0.25) is 11.3 Å². The highest BCUT2D eigenvalue weighted by molar-refractivity contribution is 7.12. The maximum atomic E-state index is 13.6. The van der Waals surface area contributed by atoms with Crippen molar-refractivity contribution in [3.8, 4) is 0 Å². The second kappa shape index (κ2) is 5.77. The average molecular weight is 282 g/mol. The second-order valence-corrected chi connectivity index (χ2v) is 5.83. The van der Waals surface area contributed by atoms with Gasteiger partial charge in [0, 0.05) is 15.8 Å². The lowest BCUT2D eigenvalue weighted by atomic mass is 10.0. The molecule has 1 aromatic carbocycles. The molecule has 0 fully saturated rings. The van der Waals surface area contributed by atoms with Crippen molar-refractivity contribution in [2.75, 3.05) is 0 Å². The van der Waals surface area contributed by atoms with E-state index in [-0.39, 0.29) is 6.04 Å². The van der Waals surface area contributed by atoms with E-state index in [9.17, 15) is 8.78 Å². The van der Waals surface area contributed by atoms with E-state index in [0.717, 1.165) is 10.9 Å². The van der Waals surface area contributed by atoms with Gasteiger partial charge < -0.3 is 0 Å². The topological polar surface area (TPSA) is 38.0 Å². The number of hydrogen-bond donors (Lipinski definition) is 2. The number of nitrogens with two attached hydrogens (primary N) is 1. The maximum Gasteiger partial charge on any atom is 0.129 e. The molecule has 1 atom stereocenters. The van der Waals surface area contributed by atoms with E-state index in [4.69, 9.17) is 5.84 Å². The Morgan fingerprint density at radius 2 is 2.00 bits per heavy atom. The summed E-state index contributed by atoms with van der Waals surface area (Å²) in [6.45, 7) is 4.07. The maximum absolute atomic E-state index is 13.6. The first kappa shape index (κ1) is 14.1. The summed E-state index contributed by atoms with van der Waals surface area (Å²) in [6.07, 6.45) is 0.391. The molecule has 0 aliphatic rings. The molecule has 2 rings (SSSR count). The van der Waals surface area contributed by atoms with Crippen molar-refractivity contribution in [1.29, 1.82) is 0 Å². The number of halogens is 2. The van der Waals surface area contributed by atoms with Crippen LogP contribution in [0.4, 0.5) is 8.78 Å². The van der Waals surface area contributed by atoms with E-state index in [1.165, 1.54) is 22.6 Å². The van der Waals surface area contributed by atoms with E-state index < -0.39 is 11.6 Å². The number of thiophene rings is 1. The van der Waals surface area contributed by atoms with Crippen LogP contribution < -0.4 is 11.3 Å². The molecular formula is C14H16F2N2S. The molecule has 5 heteroatoms. The molecule has 2 aromatic rings. The van der Waals surface area contributed by atoms with Crippen LogP contribution in [0.1, 0.15) is 26.9 Å². The quantitative estimate of drug-likeness (QED) is 0.666. The molecule has 19 heavy (non-hydrogen) atoms. The van der Waals surface area contributed by atoms with Crippen LogP contribution >= 0.6 is 11.3 Å². The third kappa shape index (κ3) is 3.18. The van der Waals surface area contributed by atoms with Crippen LogP contribution in [0.2, 0.25) is 0 Å². The summed E-state index contributed by atoms with van der Waals surface area (Å²) in [5, 5.41) is 0. The minimum atomic E-state index is -0.568. The fourth-order valence-electron chi connectivity index (χ4n) is 1.92. The monoisotopic (exact) mass is 282 g/mol. The van der Waals surface area contributed by atoms with Gasteiger partial charge in [0.25, 0.3) is 0 Å². The molecular weight excluding hydrogens is 266 g/mol. The van der Waals surface area contributed by atoms with Crippen molar-refractivity contribution in [2.24, 2.45) is 5.84 Å². The Hall–Kier alpha value is -1.30. The average Bonchev–Trinajstić information content (AvgIpc) is 2.68. The predicted octanol–water partition coefficient (Wildman–Crippen LogP) is 3.39. The molecule has 1 unspecified atom stereocenters. The van der Waals surface area contributed by atoms with Gasteiger partial charge in [-0.05, 0) is 43.5 Å². The number of nitrogens with one attached hydrogen (secondary N) is 1. The van der Waals surface area contributed by atoms with Crippen molar-refractivity contribution in [3.63, 3.8) is 0 Å². The Kier molecular flexibility index (Phi) is 4.29. The Balaban J connectivity index is 2.23. The fraction of sp³-hybridized carbons (Fsp3) is 0.286. The standard InChI is InChI=1S/C14H16F2N2S/c1-8-5-14(19-9(8)2)13(18-17)6-10-3-4-11(15)7-12(10)16/h3-5,7,13,18H,6,17H2,1-2H3. The highest BCUT2D eigenvalue weighted by Crippen LogP contribution is 2.28. The number of hydrazine groups is 1. The lowest BCUT2D eigenvalue weighted by molar-refractivity contribution is 0.527. The van der Waals surface area contributed by atoms with Crippen LogP contribution in [0, 0.1) is 25.5 Å². The highest BCUT2D eigenvalue weighted by atomic mass is 32.1. The van der Waals surface area contributed by atoms with E-state index in [1.54, 1.807) is 11.3 Å². The van der Waals surface area contributed by atoms with Gasteiger partial charge in [0.05, 0.1) is 6.04 Å². The Bertz CT molecular complexity index is 561. The van der Waals surface area contributed by atoms with Gasteiger partial charge in [-0.1, -0.05) is 6.07 Å². The van der Waals surface area contributed by atoms with E-state index in [2.05, 4.69) is 5.43 Å². The van der Waals surface area contributed by atoms with Gasteiger partial charge in [0.15, 0.2) is 0 Å². The molecule has 1 heterocycles. The smallest absolute Gasteiger partial charge is 0.129 e. The van der Waals surface area contributed by atoms with Gasteiger partial charge in [0.2, 0.25) is 0 Å². The third-order valence-electron chi connectivity index (χ3n) is 3.17. The van der Waals surface area contributed by atoms with Crippen LogP contribution in [0.15, 0.2) is 24.3 Å². The van der Waals surface area contributed by atoms with E-state index in [0.29, 0.717) is 12.0 Å². The lowest BCUT2D eigenvalue weighted by Gasteiger charge is -2.14. The van der Waals surface area contributed by atoms with Gasteiger partial charge in [-0.15, -0.1) is 11.3 Å². The zero-order chi connectivity index (χ0) is 14.0. The lowest BCUT2D eigenvalue weighted by Crippen LogP contribution is -2.29. The molecule has 0 saturated carbocycles. The molecule has 0 radical (unpaired) electrons. The van der Waals surface area contributed by atoms with Crippen molar-refractivity contribution < 1.29 is 8.78 Å². The molecule has 102 valence electrons. The second-order valence-electron chi connectivity index (χ2n) is 4.55. The van der Waals surface area contributed by atoms with Crippen LogP contribution in [0.5, 0.6) is 0 Å². The number of benzene rings is 1. The van der Waals surface area contributed by atoms with Gasteiger partial charge >= 0.3 is 0 Å². The molecule has 0 saturated heterocycles. The fourth-order valence-corrected chi connectivity index (χ4v) is 3.03. The summed E-state index contributed by atoms with van der Waals surface area (Å²) in [6, 6.07) is 5.50. The zero-order valence-electron chi connectivity index (χ0n) is 10.8. The number of hydrogen-bond acceptors (Lipinski definition) is 3. The van der Waals surface area contributed by atoms with Gasteiger partial charge in [-0.2, -0.15) is 0 Å². The number of rotatable bonds is 4. The predicted molar refractivity (Wildman–Crippen MR) is 73.9 cm³/mol. The summed E-state index contributed by atoms with van der Waals surface area (Å²) in [7, 11) is 0. The van der Waals surface area contributed by atoms with Crippen molar-refractivity contribution >= 4 is 11.3 Å². The molecule has 0 bridgehead atoms. The van der Waals surface area contributed by atoms with Crippen molar-refractivity contribution in [3.05, 3.63) is 56.8 Å². The number of aryl methyl sites for hydroxylation is 2. The largest absolute Gasteiger partial charge is 0.271 e. The SMILES string of the molecule is Cc1cc(C(Cc2ccc(F)cc2F)NN)sc1C. The summed E-state index contributed by atoms with van der Waals surface area (Å²) in [4.78, 5) is 2.27. The van der Waals surface area contributed by atoms with Crippen LogP contribution in [0.3, 0.4) is 0 Å². The van der Waals surface area contributed by atoms with Gasteiger partial charge in [0.1, 0.15) is 11.6 Å². The Labute approximate surface area is 115 Å². The first-order valence-electron chi connectivity index (χ1n) is 5.98. The first-order chi connectivity index (χ1) is 9.01. The summed E-state index contributed by atoms with van der Waals surface area (Å²) < 4.78 is 26.5. The van der Waals surface area contributed by atoms with Crippen molar-refractivity contribution in [1.82, 2.24) is 5.43 Å². The molecule has 2 nitrogen and oxygen atoms in total. The zero-order valence-corrected chi connectivity index (χ0v) is 11.7. The summed E-state index contributed by atoms with van der Waals surface area (Å²) in [5.74, 6) is 4.45. The molecule has 0 amide bonds. The molecule has 3 N–H and O–H groups in total.